The molecule has 3 aliphatic rings. The number of benzene rings is 1. The van der Waals surface area contributed by atoms with Crippen LogP contribution in [0, 0.1) is 5.92 Å². The quantitative estimate of drug-likeness (QED) is 0.358. The molecular weight excluding hydrogens is 678 g/mol. The minimum atomic E-state index is -4.16. The van der Waals surface area contributed by atoms with Crippen molar-refractivity contribution in [2.24, 2.45) is 5.92 Å². The van der Waals surface area contributed by atoms with E-state index < -0.39 is 69.3 Å². The van der Waals surface area contributed by atoms with Gasteiger partial charge in [-0.3, -0.25) is 14.4 Å². The summed E-state index contributed by atoms with van der Waals surface area (Å²) in [5, 5.41) is 5.56. The number of ether oxygens (including phenoxy) is 2. The minimum absolute atomic E-state index is 0.0153. The zero-order chi connectivity index (χ0) is 37.1. The molecule has 2 aliphatic heterocycles. The van der Waals surface area contributed by atoms with Gasteiger partial charge in [0, 0.05) is 26.4 Å². The van der Waals surface area contributed by atoms with E-state index in [9.17, 15) is 27.6 Å². The van der Waals surface area contributed by atoms with Gasteiger partial charge in [-0.1, -0.05) is 44.1 Å². The lowest BCUT2D eigenvalue weighted by molar-refractivity contribution is -0.141. The SMILES string of the molecule is CCc1nc2ccccc2nc1O[C@@H]1C[C@H]2C(=O)N[C@]3(C(=O)NS(=O)(=O)N(C)C)C[C@H]3/C=C\CCCCC[C@H](NC(=O)OC(C)(C)C)C(=O)N2C1. The molecule has 15 nitrogen and oxygen atoms in total. The maximum atomic E-state index is 14.4. The Bertz CT molecular complexity index is 1790. The monoisotopic (exact) mass is 727 g/mol. The molecule has 5 rings (SSSR count). The Morgan fingerprint density at radius 2 is 1.80 bits per heavy atom. The summed E-state index contributed by atoms with van der Waals surface area (Å²) in [4.78, 5) is 66.0. The van der Waals surface area contributed by atoms with Crippen LogP contribution in [0.15, 0.2) is 36.4 Å². The summed E-state index contributed by atoms with van der Waals surface area (Å²) in [6.07, 6.45) is 6.22. The van der Waals surface area contributed by atoms with Crippen molar-refractivity contribution in [3.8, 4) is 5.88 Å². The van der Waals surface area contributed by atoms with Gasteiger partial charge < -0.3 is 25.0 Å². The molecule has 4 amide bonds. The van der Waals surface area contributed by atoms with Crippen LogP contribution in [-0.4, -0.2) is 101 Å². The second-order valence-corrected chi connectivity index (χ2v) is 16.4. The van der Waals surface area contributed by atoms with Crippen LogP contribution in [0.5, 0.6) is 5.88 Å². The van der Waals surface area contributed by atoms with Crippen LogP contribution in [0.25, 0.3) is 11.0 Å². The van der Waals surface area contributed by atoms with Crippen molar-refractivity contribution in [1.29, 1.82) is 0 Å². The van der Waals surface area contributed by atoms with Crippen molar-refractivity contribution in [3.05, 3.63) is 42.1 Å². The van der Waals surface area contributed by atoms with Crippen molar-refractivity contribution in [1.82, 2.24) is 34.5 Å². The van der Waals surface area contributed by atoms with Crippen molar-refractivity contribution in [2.45, 2.75) is 108 Å². The molecule has 1 aromatic heterocycles. The number of nitrogens with zero attached hydrogens (tertiary/aromatic N) is 4. The van der Waals surface area contributed by atoms with Gasteiger partial charge in [0.15, 0.2) is 0 Å². The molecule has 3 heterocycles. The maximum Gasteiger partial charge on any atom is 0.408 e. The molecule has 2 aromatic rings. The topological polar surface area (TPSA) is 189 Å². The highest BCUT2D eigenvalue weighted by molar-refractivity contribution is 7.87. The number of para-hydroxylation sites is 2. The van der Waals surface area contributed by atoms with Gasteiger partial charge in [-0.05, 0) is 65.0 Å². The largest absolute Gasteiger partial charge is 0.471 e. The van der Waals surface area contributed by atoms with Crippen LogP contribution in [0.4, 0.5) is 4.79 Å². The third kappa shape index (κ3) is 8.95. The van der Waals surface area contributed by atoms with E-state index in [-0.39, 0.29) is 25.3 Å². The molecule has 1 saturated carbocycles. The first kappa shape index (κ1) is 37.9. The van der Waals surface area contributed by atoms with E-state index in [1.165, 1.54) is 19.0 Å². The van der Waals surface area contributed by atoms with Crippen molar-refractivity contribution < 1.29 is 37.1 Å². The fourth-order valence-electron chi connectivity index (χ4n) is 6.42. The second-order valence-electron chi connectivity index (χ2n) is 14.6. The summed E-state index contributed by atoms with van der Waals surface area (Å²) >= 11 is 0. The number of amides is 4. The van der Waals surface area contributed by atoms with Gasteiger partial charge >= 0.3 is 16.3 Å². The van der Waals surface area contributed by atoms with E-state index in [4.69, 9.17) is 19.4 Å². The molecule has 1 aromatic carbocycles. The smallest absolute Gasteiger partial charge is 0.408 e. The Labute approximate surface area is 299 Å². The van der Waals surface area contributed by atoms with E-state index in [1.807, 2.05) is 43.3 Å². The highest BCUT2D eigenvalue weighted by atomic mass is 32.2. The molecule has 3 N–H and O–H groups in total. The third-order valence-electron chi connectivity index (χ3n) is 9.26. The van der Waals surface area contributed by atoms with Gasteiger partial charge in [-0.15, -0.1) is 0 Å². The predicted molar refractivity (Wildman–Crippen MR) is 189 cm³/mol. The molecule has 0 spiro atoms. The standard InChI is InChI=1S/C35H49N7O8S/c1-7-24-30(37-26-17-14-13-16-25(26)36-24)49-23-19-28-29(43)39-35(32(45)40-51(47,48)41(5)6)20-22(35)15-11-9-8-10-12-18-27(31(44)42(28)21-23)38-33(46)50-34(2,3)4/h11,13-17,22-23,27-28H,7-10,12,18-21H2,1-6H3,(H,38,46)(H,39,43)(H,40,45)/b15-11-/t22-,23-,27+,28+,35-/m1/s1. The molecule has 1 aliphatic carbocycles. The number of nitrogens with one attached hydrogen (secondary N) is 3. The Balaban J connectivity index is 1.48. The number of aromatic nitrogens is 2. The number of alkyl carbamates (subject to hydrolysis) is 1. The fraction of sp³-hybridized carbons (Fsp3) is 0.600. The van der Waals surface area contributed by atoms with Crippen LogP contribution in [-0.2, 0) is 35.8 Å². The molecule has 16 heteroatoms. The maximum absolute atomic E-state index is 14.4. The number of aryl methyl sites for hydroxylation is 1. The molecular formula is C35H49N7O8S. The van der Waals surface area contributed by atoms with Crippen LogP contribution in [0.1, 0.15) is 78.3 Å². The zero-order valence-corrected chi connectivity index (χ0v) is 30.9. The average Bonchev–Trinajstić information content (AvgIpc) is 3.58. The van der Waals surface area contributed by atoms with E-state index >= 15 is 0 Å². The highest BCUT2D eigenvalue weighted by Crippen LogP contribution is 2.45. The fourth-order valence-corrected chi connectivity index (χ4v) is 7.02. The first-order valence-corrected chi connectivity index (χ1v) is 18.9. The third-order valence-corrected chi connectivity index (χ3v) is 10.7. The van der Waals surface area contributed by atoms with Gasteiger partial charge in [0.2, 0.25) is 17.7 Å². The number of carbonyl (C=O) groups excluding carboxylic acids is 4. The van der Waals surface area contributed by atoms with Gasteiger partial charge in [0.05, 0.1) is 17.6 Å². The summed E-state index contributed by atoms with van der Waals surface area (Å²) in [7, 11) is -1.57. The summed E-state index contributed by atoms with van der Waals surface area (Å²) in [5.41, 5.74) is -0.399. The summed E-state index contributed by atoms with van der Waals surface area (Å²) in [6, 6.07) is 5.27. The summed E-state index contributed by atoms with van der Waals surface area (Å²) in [6.45, 7) is 7.08. The van der Waals surface area contributed by atoms with E-state index in [1.54, 1.807) is 20.8 Å². The van der Waals surface area contributed by atoms with E-state index in [2.05, 4.69) is 15.4 Å². The molecule has 278 valence electrons. The summed E-state index contributed by atoms with van der Waals surface area (Å²) < 4.78 is 40.1. The molecule has 1 saturated heterocycles. The van der Waals surface area contributed by atoms with Crippen molar-refractivity contribution >= 4 is 45.1 Å². The molecule has 51 heavy (non-hydrogen) atoms. The minimum Gasteiger partial charge on any atom is -0.471 e. The number of allylic oxidation sites excluding steroid dienone is 1. The van der Waals surface area contributed by atoms with Crippen LogP contribution in [0.2, 0.25) is 0 Å². The summed E-state index contributed by atoms with van der Waals surface area (Å²) in [5.74, 6) is -2.17. The lowest BCUT2D eigenvalue weighted by atomic mass is 10.0. The lowest BCUT2D eigenvalue weighted by Crippen LogP contribution is -2.58. The predicted octanol–water partition coefficient (Wildman–Crippen LogP) is 2.75. The van der Waals surface area contributed by atoms with E-state index in [0.717, 1.165) is 17.1 Å². The average molecular weight is 728 g/mol. The van der Waals surface area contributed by atoms with Gasteiger partial charge in [0.25, 0.3) is 5.91 Å². The van der Waals surface area contributed by atoms with Gasteiger partial charge in [0.1, 0.15) is 35.0 Å². The number of carbonyl (C=O) groups is 4. The number of rotatable bonds is 7. The Morgan fingerprint density at radius 3 is 2.47 bits per heavy atom. The number of hydrogen-bond acceptors (Lipinski definition) is 10. The molecule has 2 fully saturated rings. The zero-order valence-electron chi connectivity index (χ0n) is 30.1. The van der Waals surface area contributed by atoms with Crippen molar-refractivity contribution in [3.63, 3.8) is 0 Å². The molecule has 0 unspecified atom stereocenters. The lowest BCUT2D eigenvalue weighted by Gasteiger charge is -2.30. The van der Waals surface area contributed by atoms with Crippen molar-refractivity contribution in [2.75, 3.05) is 20.6 Å². The number of hydrogen-bond donors (Lipinski definition) is 3. The Morgan fingerprint density at radius 1 is 1.10 bits per heavy atom. The molecule has 0 radical (unpaired) electrons. The van der Waals surface area contributed by atoms with Gasteiger partial charge in [-0.2, -0.15) is 12.7 Å². The second kappa shape index (κ2) is 15.1. The normalized spacial score (nSPS) is 26.6. The van der Waals surface area contributed by atoms with Crippen LogP contribution < -0.4 is 20.1 Å². The highest BCUT2D eigenvalue weighted by Gasteiger charge is 2.61. The van der Waals surface area contributed by atoms with E-state index in [0.29, 0.717) is 42.4 Å². The number of fused-ring (bicyclic) bond motifs is 3. The first-order chi connectivity index (χ1) is 24.0. The first-order valence-electron chi connectivity index (χ1n) is 17.5. The molecule has 0 bridgehead atoms. The van der Waals surface area contributed by atoms with Crippen LogP contribution >= 0.6 is 0 Å². The Hall–Kier alpha value is -4.31. The van der Waals surface area contributed by atoms with Crippen LogP contribution in [0.3, 0.4) is 0 Å². The Kier molecular flexibility index (Phi) is 11.2. The molecule has 5 atom stereocenters. The van der Waals surface area contributed by atoms with Gasteiger partial charge in [-0.25, -0.2) is 19.5 Å².